The lowest BCUT2D eigenvalue weighted by Crippen LogP contribution is -2.65. The molecule has 6 rings (SSSR count). The van der Waals surface area contributed by atoms with Gasteiger partial charge in [-0.05, 0) is 51.5 Å². The zero-order valence-electron chi connectivity index (χ0n) is 37.9. The molecule has 3 saturated heterocycles. The van der Waals surface area contributed by atoms with Gasteiger partial charge in [0.05, 0.1) is 19.8 Å². The molecule has 8 N–H and O–H groups in total. The van der Waals surface area contributed by atoms with E-state index in [0.29, 0.717) is 5.75 Å². The van der Waals surface area contributed by atoms with Gasteiger partial charge < -0.3 is 92.6 Å². The van der Waals surface area contributed by atoms with Crippen LogP contribution in [0.25, 0.3) is 22.3 Å². The number of phenols is 1. The molecule has 1 aromatic heterocycles. The highest BCUT2D eigenvalue weighted by Crippen LogP contribution is 2.42. The number of aliphatic hydroxyl groups is 7. The Balaban J connectivity index is 1.45. The minimum Gasteiger partial charge on any atom is -0.507 e. The lowest BCUT2D eigenvalue weighted by atomic mass is 9.96. The zero-order valence-corrected chi connectivity index (χ0v) is 37.9. The van der Waals surface area contributed by atoms with Crippen LogP contribution in [0.4, 0.5) is 0 Å². The summed E-state index contributed by atoms with van der Waals surface area (Å²) in [6.45, 7) is 6.83. The molecule has 3 fully saturated rings. The first-order valence-electron chi connectivity index (χ1n) is 21.4. The molecule has 0 spiro atoms. The number of hydrogen-bond acceptors (Lipinski definition) is 23. The van der Waals surface area contributed by atoms with Crippen molar-refractivity contribution in [1.82, 2.24) is 0 Å². The number of phenolic OH excluding ortho intramolecular Hbond substituents is 1. The van der Waals surface area contributed by atoms with Crippen LogP contribution >= 0.6 is 0 Å². The number of fused-ring (bicyclic) bond motifs is 1. The van der Waals surface area contributed by atoms with Gasteiger partial charge in [0.25, 0.3) is 0 Å². The molecule has 374 valence electrons. The van der Waals surface area contributed by atoms with Gasteiger partial charge in [-0.1, -0.05) is 11.6 Å². The molecule has 23 nitrogen and oxygen atoms in total. The summed E-state index contributed by atoms with van der Waals surface area (Å²) in [5.41, 5.74) is -0.170. The summed E-state index contributed by atoms with van der Waals surface area (Å²) >= 11 is 0. The van der Waals surface area contributed by atoms with Crippen molar-refractivity contribution < 1.29 is 107 Å². The Kier molecular flexibility index (Phi) is 16.7. The standard InChI is InChI=1S/C45H56O23/c1-17(2)8-13-24-26(63-43-34(55)32(53)30(51)27(15-46)64-43)14-25(50)29-31(52)41(38(66-39(24)29)22-9-11-23(58-7)12-10-22)67-45-36(57)42(37(18(3)60-45)61-20(5)48)68-44-35(56)33(54)40(62-21(6)49)28(65-44)16-59-19(4)47/h8-12,14,18,27-28,30,32-37,40,42-46,50-51,53-57H,13,15-16H2,1-7H3. The van der Waals surface area contributed by atoms with Gasteiger partial charge in [0, 0.05) is 38.0 Å². The predicted molar refractivity (Wildman–Crippen MR) is 228 cm³/mol. The number of aliphatic hydroxyl groups excluding tert-OH is 7. The number of allylic oxidation sites excluding steroid dienone is 2. The minimum atomic E-state index is -2.04. The highest BCUT2D eigenvalue weighted by atomic mass is 16.8. The molecular formula is C45H56O23. The van der Waals surface area contributed by atoms with E-state index in [4.69, 9.17) is 51.8 Å². The van der Waals surface area contributed by atoms with Crippen LogP contribution in [0.15, 0.2) is 51.2 Å². The largest absolute Gasteiger partial charge is 0.507 e. The number of esters is 3. The Hall–Kier alpha value is -5.44. The van der Waals surface area contributed by atoms with Crippen LogP contribution in [0.1, 0.15) is 47.1 Å². The molecule has 68 heavy (non-hydrogen) atoms. The number of carbonyl (C=O) groups excluding carboxylic acids is 3. The highest BCUT2D eigenvalue weighted by molar-refractivity contribution is 5.91. The molecule has 0 saturated carbocycles. The second kappa shape index (κ2) is 21.9. The summed E-state index contributed by atoms with van der Waals surface area (Å²) in [5, 5.41) is 86.9. The summed E-state index contributed by atoms with van der Waals surface area (Å²) < 4.78 is 63.2. The SMILES string of the molecule is COc1ccc(-c2oc3c(CC=C(C)C)c(OC4OC(CO)C(O)C(O)C4O)cc(O)c3c(=O)c2OC2OC(C)C(OC(C)=O)C(OC3OC(COC(C)=O)C(OC(C)=O)C(O)C3O)C2O)cc1. The maximum atomic E-state index is 14.9. The van der Waals surface area contributed by atoms with Crippen LogP contribution in [-0.4, -0.2) is 171 Å². The van der Waals surface area contributed by atoms with Crippen molar-refractivity contribution in [2.24, 2.45) is 0 Å². The van der Waals surface area contributed by atoms with Gasteiger partial charge in [-0.3, -0.25) is 19.2 Å². The van der Waals surface area contributed by atoms with Crippen LogP contribution in [0.5, 0.6) is 23.0 Å². The average Bonchev–Trinajstić information content (AvgIpc) is 3.28. The van der Waals surface area contributed by atoms with Gasteiger partial charge in [-0.25, -0.2) is 0 Å². The number of rotatable bonds is 15. The average molecular weight is 965 g/mol. The van der Waals surface area contributed by atoms with E-state index in [-0.39, 0.29) is 34.6 Å². The third-order valence-corrected chi connectivity index (χ3v) is 11.3. The lowest BCUT2D eigenvalue weighted by Gasteiger charge is -2.46. The molecule has 15 unspecified atom stereocenters. The van der Waals surface area contributed by atoms with Crippen LogP contribution in [-0.2, 0) is 54.0 Å². The fourth-order valence-corrected chi connectivity index (χ4v) is 7.85. The molecule has 23 heteroatoms. The summed E-state index contributed by atoms with van der Waals surface area (Å²) in [6, 6.07) is 7.11. The Morgan fingerprint density at radius 2 is 1.34 bits per heavy atom. The van der Waals surface area contributed by atoms with E-state index < -0.39 is 146 Å². The van der Waals surface area contributed by atoms with Crippen LogP contribution in [0.2, 0.25) is 0 Å². The van der Waals surface area contributed by atoms with Crippen molar-refractivity contribution in [3.63, 3.8) is 0 Å². The van der Waals surface area contributed by atoms with E-state index in [9.17, 15) is 60.0 Å². The Morgan fingerprint density at radius 3 is 1.94 bits per heavy atom. The van der Waals surface area contributed by atoms with E-state index >= 15 is 0 Å². The molecule has 3 aliphatic rings. The van der Waals surface area contributed by atoms with Crippen LogP contribution in [0.3, 0.4) is 0 Å². The van der Waals surface area contributed by atoms with Gasteiger partial charge in [-0.2, -0.15) is 0 Å². The fraction of sp³-hybridized carbons (Fsp3) is 0.556. The maximum Gasteiger partial charge on any atom is 0.303 e. The normalized spacial score (nSPS) is 31.6. The molecule has 2 aromatic carbocycles. The topological polar surface area (TPSA) is 336 Å². The highest BCUT2D eigenvalue weighted by Gasteiger charge is 2.54. The smallest absolute Gasteiger partial charge is 0.303 e. The molecule has 0 amide bonds. The molecule has 0 aliphatic carbocycles. The number of hydrogen-bond donors (Lipinski definition) is 8. The summed E-state index contributed by atoms with van der Waals surface area (Å²) in [5.74, 6) is -3.95. The van der Waals surface area contributed by atoms with E-state index in [1.54, 1.807) is 19.9 Å². The number of methoxy groups -OCH3 is 1. The summed E-state index contributed by atoms with van der Waals surface area (Å²) in [4.78, 5) is 50.9. The quantitative estimate of drug-likeness (QED) is 0.0546. The zero-order chi connectivity index (χ0) is 49.9. The van der Waals surface area contributed by atoms with Gasteiger partial charge in [0.15, 0.2) is 24.3 Å². The van der Waals surface area contributed by atoms with Gasteiger partial charge >= 0.3 is 17.9 Å². The van der Waals surface area contributed by atoms with Crippen molar-refractivity contribution in [3.8, 4) is 34.3 Å². The predicted octanol–water partition coefficient (Wildman–Crippen LogP) is -0.395. The molecule has 3 aliphatic heterocycles. The van der Waals surface area contributed by atoms with Crippen molar-refractivity contribution in [3.05, 3.63) is 57.8 Å². The monoisotopic (exact) mass is 964 g/mol. The van der Waals surface area contributed by atoms with E-state index in [0.717, 1.165) is 32.4 Å². The second-order valence-corrected chi connectivity index (χ2v) is 16.6. The third-order valence-electron chi connectivity index (χ3n) is 11.3. The number of carbonyl (C=O) groups is 3. The number of aromatic hydroxyl groups is 1. The number of ether oxygens (including phenoxy) is 10. The molecule has 4 heterocycles. The second-order valence-electron chi connectivity index (χ2n) is 16.6. The first-order valence-corrected chi connectivity index (χ1v) is 21.4. The maximum absolute atomic E-state index is 14.9. The van der Waals surface area contributed by atoms with Crippen molar-refractivity contribution in [2.45, 2.75) is 140 Å². The van der Waals surface area contributed by atoms with Gasteiger partial charge in [0.1, 0.15) is 89.8 Å². The minimum absolute atomic E-state index is 0.0251. The van der Waals surface area contributed by atoms with Gasteiger partial charge in [0.2, 0.25) is 23.8 Å². The fourth-order valence-electron chi connectivity index (χ4n) is 7.85. The van der Waals surface area contributed by atoms with E-state index in [1.165, 1.54) is 38.3 Å². The summed E-state index contributed by atoms with van der Waals surface area (Å²) in [7, 11) is 1.43. The van der Waals surface area contributed by atoms with E-state index in [1.807, 2.05) is 0 Å². The number of benzene rings is 2. The third kappa shape index (κ3) is 11.2. The first-order chi connectivity index (χ1) is 32.1. The van der Waals surface area contributed by atoms with Crippen LogP contribution < -0.4 is 19.6 Å². The molecule has 0 radical (unpaired) electrons. The van der Waals surface area contributed by atoms with Crippen molar-refractivity contribution in [2.75, 3.05) is 20.3 Å². The Bertz CT molecular complexity index is 2360. The Labute approximate surface area is 387 Å². The molecular weight excluding hydrogens is 908 g/mol. The molecule has 3 aromatic rings. The molecule has 15 atom stereocenters. The molecule has 0 bridgehead atoms. The van der Waals surface area contributed by atoms with Crippen molar-refractivity contribution >= 4 is 28.9 Å². The lowest BCUT2D eigenvalue weighted by molar-refractivity contribution is -0.351. The van der Waals surface area contributed by atoms with Crippen LogP contribution in [0, 0.1) is 0 Å². The van der Waals surface area contributed by atoms with Gasteiger partial charge in [-0.15, -0.1) is 0 Å². The van der Waals surface area contributed by atoms with E-state index in [2.05, 4.69) is 0 Å². The Morgan fingerprint density at radius 1 is 0.721 bits per heavy atom. The van der Waals surface area contributed by atoms with Crippen molar-refractivity contribution in [1.29, 1.82) is 0 Å². The first kappa shape index (κ1) is 51.9. The summed E-state index contributed by atoms with van der Waals surface area (Å²) in [6.07, 6.45) is -23.9.